The van der Waals surface area contributed by atoms with E-state index in [0.29, 0.717) is 24.1 Å². The first-order chi connectivity index (χ1) is 9.02. The fourth-order valence-electron chi connectivity index (χ4n) is 1.57. The molecule has 1 aromatic rings. The minimum atomic E-state index is -0.134. The zero-order chi connectivity index (χ0) is 14.3. The minimum absolute atomic E-state index is 0.134. The maximum absolute atomic E-state index is 12.0. The molecule has 5 nitrogen and oxygen atoms in total. The second-order valence-corrected chi connectivity index (χ2v) is 5.08. The third-order valence-electron chi connectivity index (χ3n) is 2.63. The maximum atomic E-state index is 12.0. The molecule has 0 spiro atoms. The molecule has 0 aliphatic rings. The molecule has 2 N–H and O–H groups in total. The monoisotopic (exact) mass is 264 g/mol. The van der Waals surface area contributed by atoms with Crippen LogP contribution in [0.25, 0.3) is 0 Å². The summed E-state index contributed by atoms with van der Waals surface area (Å²) in [5.41, 5.74) is 1.22. The zero-order valence-corrected chi connectivity index (χ0v) is 12.3. The highest BCUT2D eigenvalue weighted by Crippen LogP contribution is 2.05. The molecule has 106 valence electrons. The Morgan fingerprint density at radius 3 is 2.68 bits per heavy atom. The third-order valence-corrected chi connectivity index (χ3v) is 2.63. The molecule has 0 saturated carbocycles. The Morgan fingerprint density at radius 1 is 1.32 bits per heavy atom. The van der Waals surface area contributed by atoms with Crippen molar-refractivity contribution in [1.82, 2.24) is 15.3 Å². The largest absolute Gasteiger partial charge is 0.354 e. The topological polar surface area (TPSA) is 66.9 Å². The van der Waals surface area contributed by atoms with Gasteiger partial charge < -0.3 is 10.6 Å². The van der Waals surface area contributed by atoms with Crippen molar-refractivity contribution in [2.75, 3.05) is 18.4 Å². The molecule has 0 bridgehead atoms. The molecule has 0 radical (unpaired) electrons. The van der Waals surface area contributed by atoms with Gasteiger partial charge >= 0.3 is 0 Å². The number of aromatic nitrogens is 2. The summed E-state index contributed by atoms with van der Waals surface area (Å²) < 4.78 is 0. The normalized spacial score (nSPS) is 10.6. The highest BCUT2D eigenvalue weighted by molar-refractivity contribution is 5.92. The Bertz CT molecular complexity index is 418. The van der Waals surface area contributed by atoms with Gasteiger partial charge in [0, 0.05) is 18.8 Å². The van der Waals surface area contributed by atoms with Crippen molar-refractivity contribution in [3.63, 3.8) is 0 Å². The third kappa shape index (κ3) is 5.68. The van der Waals surface area contributed by atoms with Crippen molar-refractivity contribution < 1.29 is 4.79 Å². The van der Waals surface area contributed by atoms with Crippen LogP contribution in [0.4, 0.5) is 5.95 Å². The van der Waals surface area contributed by atoms with E-state index in [-0.39, 0.29) is 5.91 Å². The van der Waals surface area contributed by atoms with Crippen molar-refractivity contribution in [2.45, 2.75) is 40.5 Å². The van der Waals surface area contributed by atoms with E-state index in [1.165, 1.54) is 0 Å². The van der Waals surface area contributed by atoms with E-state index >= 15 is 0 Å². The van der Waals surface area contributed by atoms with E-state index in [1.54, 1.807) is 6.07 Å². The van der Waals surface area contributed by atoms with E-state index in [2.05, 4.69) is 41.4 Å². The van der Waals surface area contributed by atoms with Gasteiger partial charge in [-0.1, -0.05) is 20.8 Å². The van der Waals surface area contributed by atoms with Crippen LogP contribution in [-0.4, -0.2) is 29.0 Å². The van der Waals surface area contributed by atoms with E-state index in [1.807, 2.05) is 6.92 Å². The van der Waals surface area contributed by atoms with Crippen LogP contribution in [0.15, 0.2) is 6.07 Å². The number of carbonyl (C=O) groups is 1. The molecule has 0 aliphatic carbocycles. The van der Waals surface area contributed by atoms with Crippen LogP contribution in [0, 0.1) is 12.8 Å². The maximum Gasteiger partial charge on any atom is 0.270 e. The minimum Gasteiger partial charge on any atom is -0.354 e. The number of nitrogens with one attached hydrogen (secondary N) is 2. The van der Waals surface area contributed by atoms with Crippen LogP contribution in [0.2, 0.25) is 0 Å². The SMILES string of the molecule is CCCNc1nc(C)cc(C(=O)NCCC(C)C)n1. The van der Waals surface area contributed by atoms with Gasteiger partial charge in [-0.15, -0.1) is 0 Å². The molecule has 0 aliphatic heterocycles. The number of hydrogen-bond acceptors (Lipinski definition) is 4. The summed E-state index contributed by atoms with van der Waals surface area (Å²) >= 11 is 0. The van der Waals surface area contributed by atoms with Gasteiger partial charge in [-0.25, -0.2) is 9.97 Å². The van der Waals surface area contributed by atoms with Crippen LogP contribution >= 0.6 is 0 Å². The van der Waals surface area contributed by atoms with Crippen molar-refractivity contribution in [3.05, 3.63) is 17.5 Å². The number of anilines is 1. The molecule has 1 aromatic heterocycles. The Balaban J connectivity index is 2.65. The molecular weight excluding hydrogens is 240 g/mol. The predicted octanol–water partition coefficient (Wildman–Crippen LogP) is 2.38. The number of hydrogen-bond donors (Lipinski definition) is 2. The molecule has 0 atom stereocenters. The van der Waals surface area contributed by atoms with Gasteiger partial charge in [-0.05, 0) is 31.7 Å². The van der Waals surface area contributed by atoms with E-state index in [9.17, 15) is 4.79 Å². The molecule has 5 heteroatoms. The summed E-state index contributed by atoms with van der Waals surface area (Å²) in [6.07, 6.45) is 1.96. The molecular formula is C14H24N4O. The van der Waals surface area contributed by atoms with E-state index in [0.717, 1.165) is 25.1 Å². The van der Waals surface area contributed by atoms with Gasteiger partial charge in [0.2, 0.25) is 5.95 Å². The van der Waals surface area contributed by atoms with Crippen LogP contribution in [0.1, 0.15) is 49.8 Å². The first-order valence-electron chi connectivity index (χ1n) is 6.90. The first kappa shape index (κ1) is 15.4. The van der Waals surface area contributed by atoms with Crippen molar-refractivity contribution >= 4 is 11.9 Å². The predicted molar refractivity (Wildman–Crippen MR) is 77.3 cm³/mol. The molecule has 1 heterocycles. The van der Waals surface area contributed by atoms with E-state index < -0.39 is 0 Å². The lowest BCUT2D eigenvalue weighted by atomic mass is 10.1. The Labute approximate surface area is 115 Å². The Kier molecular flexibility index (Phi) is 6.25. The summed E-state index contributed by atoms with van der Waals surface area (Å²) in [5, 5.41) is 5.99. The molecule has 0 saturated heterocycles. The van der Waals surface area contributed by atoms with Gasteiger partial charge in [0.15, 0.2) is 0 Å². The highest BCUT2D eigenvalue weighted by Gasteiger charge is 2.10. The summed E-state index contributed by atoms with van der Waals surface area (Å²) in [5.74, 6) is 0.968. The van der Waals surface area contributed by atoms with Gasteiger partial charge in [0.25, 0.3) is 5.91 Å². The fraction of sp³-hybridized carbons (Fsp3) is 0.643. The lowest BCUT2D eigenvalue weighted by Gasteiger charge is -2.09. The van der Waals surface area contributed by atoms with Gasteiger partial charge in [-0.2, -0.15) is 0 Å². The number of aryl methyl sites for hydroxylation is 1. The lowest BCUT2D eigenvalue weighted by molar-refractivity contribution is 0.0947. The van der Waals surface area contributed by atoms with Crippen LogP contribution in [0.3, 0.4) is 0 Å². The average Bonchev–Trinajstić information content (AvgIpc) is 2.35. The molecule has 1 rings (SSSR count). The summed E-state index contributed by atoms with van der Waals surface area (Å²) in [6, 6.07) is 1.71. The lowest BCUT2D eigenvalue weighted by Crippen LogP contribution is -2.26. The zero-order valence-electron chi connectivity index (χ0n) is 12.3. The van der Waals surface area contributed by atoms with Crippen LogP contribution < -0.4 is 10.6 Å². The molecule has 1 amide bonds. The fourth-order valence-corrected chi connectivity index (χ4v) is 1.57. The van der Waals surface area contributed by atoms with Crippen LogP contribution in [0.5, 0.6) is 0 Å². The number of carbonyl (C=O) groups excluding carboxylic acids is 1. The first-order valence-corrected chi connectivity index (χ1v) is 6.90. The van der Waals surface area contributed by atoms with Crippen molar-refractivity contribution in [3.8, 4) is 0 Å². The quantitative estimate of drug-likeness (QED) is 0.793. The van der Waals surface area contributed by atoms with Crippen LogP contribution in [-0.2, 0) is 0 Å². The number of nitrogens with zero attached hydrogens (tertiary/aromatic N) is 2. The molecule has 0 unspecified atom stereocenters. The van der Waals surface area contributed by atoms with Crippen molar-refractivity contribution in [2.24, 2.45) is 5.92 Å². The van der Waals surface area contributed by atoms with Gasteiger partial charge in [-0.3, -0.25) is 4.79 Å². The van der Waals surface area contributed by atoms with Gasteiger partial charge in [0.1, 0.15) is 5.69 Å². The smallest absolute Gasteiger partial charge is 0.270 e. The van der Waals surface area contributed by atoms with Crippen molar-refractivity contribution in [1.29, 1.82) is 0 Å². The summed E-state index contributed by atoms with van der Waals surface area (Å²) in [7, 11) is 0. The second kappa shape index (κ2) is 7.71. The standard InChI is InChI=1S/C14H24N4O/c1-5-7-16-14-17-11(4)9-12(18-14)13(19)15-8-6-10(2)3/h9-10H,5-8H2,1-4H3,(H,15,19)(H,16,17,18). The highest BCUT2D eigenvalue weighted by atomic mass is 16.1. The van der Waals surface area contributed by atoms with Gasteiger partial charge in [0.05, 0.1) is 0 Å². The van der Waals surface area contributed by atoms with E-state index in [4.69, 9.17) is 0 Å². The second-order valence-electron chi connectivity index (χ2n) is 5.08. The molecule has 0 fully saturated rings. The average molecular weight is 264 g/mol. The molecule has 0 aromatic carbocycles. The summed E-state index contributed by atoms with van der Waals surface area (Å²) in [6.45, 7) is 9.68. The number of rotatable bonds is 7. The Morgan fingerprint density at radius 2 is 2.05 bits per heavy atom. The molecule has 19 heavy (non-hydrogen) atoms. The number of amides is 1. The Hall–Kier alpha value is -1.65. The summed E-state index contributed by atoms with van der Waals surface area (Å²) in [4.78, 5) is 20.5.